The average molecular weight is 421 g/mol. The molecule has 0 aliphatic carbocycles. The minimum absolute atomic E-state index is 0.135. The fraction of sp³-hybridized carbons (Fsp3) is 0.0455. The SMILES string of the molecule is COc1cccc(C(=O)NC(=S)Nc2ccc3oc(-c4cccc(F)c4)nc3c2)c1. The first kappa shape index (κ1) is 19.5. The number of benzene rings is 3. The van der Waals surface area contributed by atoms with Gasteiger partial charge in [0.15, 0.2) is 10.7 Å². The Morgan fingerprint density at radius 2 is 1.93 bits per heavy atom. The summed E-state index contributed by atoms with van der Waals surface area (Å²) in [7, 11) is 1.53. The van der Waals surface area contributed by atoms with E-state index in [1.165, 1.54) is 19.2 Å². The number of nitrogens with one attached hydrogen (secondary N) is 2. The van der Waals surface area contributed by atoms with Crippen LogP contribution in [0.3, 0.4) is 0 Å². The number of thiocarbonyl (C=S) groups is 1. The molecule has 8 heteroatoms. The second kappa shape index (κ2) is 8.30. The van der Waals surface area contributed by atoms with Gasteiger partial charge in [-0.25, -0.2) is 9.37 Å². The molecule has 30 heavy (non-hydrogen) atoms. The summed E-state index contributed by atoms with van der Waals surface area (Å²) in [5.74, 6) is 0.166. The number of aromatic nitrogens is 1. The van der Waals surface area contributed by atoms with E-state index >= 15 is 0 Å². The fourth-order valence-corrected chi connectivity index (χ4v) is 3.06. The Kier molecular flexibility index (Phi) is 5.40. The third-order valence-corrected chi connectivity index (χ3v) is 4.48. The number of anilines is 1. The van der Waals surface area contributed by atoms with Gasteiger partial charge in [0.05, 0.1) is 7.11 Å². The first-order chi connectivity index (χ1) is 14.5. The summed E-state index contributed by atoms with van der Waals surface area (Å²) in [6.07, 6.45) is 0. The monoisotopic (exact) mass is 421 g/mol. The summed E-state index contributed by atoms with van der Waals surface area (Å²) in [6, 6.07) is 18.0. The van der Waals surface area contributed by atoms with E-state index < -0.39 is 0 Å². The van der Waals surface area contributed by atoms with Crippen molar-refractivity contribution in [2.24, 2.45) is 0 Å². The molecule has 4 rings (SSSR count). The lowest BCUT2D eigenvalue weighted by molar-refractivity contribution is 0.0977. The highest BCUT2D eigenvalue weighted by atomic mass is 32.1. The molecular weight excluding hydrogens is 405 g/mol. The van der Waals surface area contributed by atoms with E-state index in [9.17, 15) is 9.18 Å². The maximum absolute atomic E-state index is 13.4. The topological polar surface area (TPSA) is 76.4 Å². The van der Waals surface area contributed by atoms with Crippen LogP contribution in [-0.2, 0) is 0 Å². The molecule has 0 saturated heterocycles. The lowest BCUT2D eigenvalue weighted by Gasteiger charge is -2.10. The van der Waals surface area contributed by atoms with Crippen LogP contribution in [-0.4, -0.2) is 23.1 Å². The largest absolute Gasteiger partial charge is 0.497 e. The molecular formula is C22H16FN3O3S. The maximum Gasteiger partial charge on any atom is 0.257 e. The smallest absolute Gasteiger partial charge is 0.257 e. The Hall–Kier alpha value is -3.78. The summed E-state index contributed by atoms with van der Waals surface area (Å²) in [5.41, 5.74) is 2.71. The summed E-state index contributed by atoms with van der Waals surface area (Å²) < 4.78 is 24.3. The number of ether oxygens (including phenoxy) is 1. The van der Waals surface area contributed by atoms with Crippen molar-refractivity contribution >= 4 is 40.0 Å². The summed E-state index contributed by atoms with van der Waals surface area (Å²) >= 11 is 5.23. The number of halogens is 1. The normalized spacial score (nSPS) is 10.6. The van der Waals surface area contributed by atoms with Crippen LogP contribution in [0.5, 0.6) is 5.75 Å². The zero-order chi connectivity index (χ0) is 21.1. The fourth-order valence-electron chi connectivity index (χ4n) is 2.85. The van der Waals surface area contributed by atoms with Gasteiger partial charge in [0.2, 0.25) is 5.89 Å². The Bertz CT molecular complexity index is 1260. The standard InChI is InChI=1S/C22H16FN3O3S/c1-28-17-7-3-4-13(11-17)20(27)26-22(30)24-16-8-9-19-18(12-16)25-21(29-19)14-5-2-6-15(23)10-14/h2-12H,1H3,(H2,24,26,27,30). The number of nitrogens with zero attached hydrogens (tertiary/aromatic N) is 1. The average Bonchev–Trinajstić information content (AvgIpc) is 3.17. The molecule has 0 fully saturated rings. The van der Waals surface area contributed by atoms with Crippen molar-refractivity contribution in [2.45, 2.75) is 0 Å². The number of oxazole rings is 1. The molecule has 0 unspecified atom stereocenters. The van der Waals surface area contributed by atoms with Crippen molar-refractivity contribution in [3.05, 3.63) is 78.1 Å². The third-order valence-electron chi connectivity index (χ3n) is 4.28. The summed E-state index contributed by atoms with van der Waals surface area (Å²) in [6.45, 7) is 0. The van der Waals surface area contributed by atoms with Crippen molar-refractivity contribution in [1.82, 2.24) is 10.3 Å². The van der Waals surface area contributed by atoms with Crippen LogP contribution in [0.2, 0.25) is 0 Å². The number of rotatable bonds is 4. The van der Waals surface area contributed by atoms with Gasteiger partial charge in [-0.1, -0.05) is 12.1 Å². The molecule has 150 valence electrons. The molecule has 0 bridgehead atoms. The van der Waals surface area contributed by atoms with Gasteiger partial charge in [-0.2, -0.15) is 0 Å². The molecule has 4 aromatic rings. The van der Waals surface area contributed by atoms with Gasteiger partial charge in [0.25, 0.3) is 5.91 Å². The molecule has 0 atom stereocenters. The number of carbonyl (C=O) groups excluding carboxylic acids is 1. The number of carbonyl (C=O) groups is 1. The number of methoxy groups -OCH3 is 1. The van der Waals surface area contributed by atoms with Gasteiger partial charge in [0, 0.05) is 16.8 Å². The van der Waals surface area contributed by atoms with Gasteiger partial charge in [-0.3, -0.25) is 10.1 Å². The van der Waals surface area contributed by atoms with Crippen LogP contribution in [0.25, 0.3) is 22.6 Å². The lowest BCUT2D eigenvalue weighted by atomic mass is 10.2. The van der Waals surface area contributed by atoms with Crippen LogP contribution >= 0.6 is 12.2 Å². The highest BCUT2D eigenvalue weighted by Crippen LogP contribution is 2.26. The Morgan fingerprint density at radius 3 is 2.73 bits per heavy atom. The molecule has 0 spiro atoms. The molecule has 3 aromatic carbocycles. The van der Waals surface area contributed by atoms with Gasteiger partial charge in [-0.15, -0.1) is 0 Å². The van der Waals surface area contributed by atoms with E-state index in [1.807, 2.05) is 0 Å². The minimum atomic E-state index is -0.366. The molecule has 1 amide bonds. The molecule has 6 nitrogen and oxygen atoms in total. The van der Waals surface area contributed by atoms with Crippen LogP contribution in [0.1, 0.15) is 10.4 Å². The second-order valence-electron chi connectivity index (χ2n) is 6.35. The first-order valence-electron chi connectivity index (χ1n) is 8.95. The number of fused-ring (bicyclic) bond motifs is 1. The molecule has 0 aliphatic heterocycles. The maximum atomic E-state index is 13.4. The first-order valence-corrected chi connectivity index (χ1v) is 9.35. The number of amides is 1. The number of hydrogen-bond acceptors (Lipinski definition) is 5. The van der Waals surface area contributed by atoms with Crippen LogP contribution < -0.4 is 15.4 Å². The van der Waals surface area contributed by atoms with E-state index in [4.69, 9.17) is 21.4 Å². The molecule has 0 saturated carbocycles. The second-order valence-corrected chi connectivity index (χ2v) is 6.76. The quantitative estimate of drug-likeness (QED) is 0.463. The van der Waals surface area contributed by atoms with E-state index in [2.05, 4.69) is 15.6 Å². The zero-order valence-corrected chi connectivity index (χ0v) is 16.6. The van der Waals surface area contributed by atoms with Crippen molar-refractivity contribution in [3.63, 3.8) is 0 Å². The van der Waals surface area contributed by atoms with Crippen LogP contribution in [0, 0.1) is 5.82 Å². The van der Waals surface area contributed by atoms with Crippen molar-refractivity contribution in [3.8, 4) is 17.2 Å². The highest BCUT2D eigenvalue weighted by molar-refractivity contribution is 7.80. The summed E-state index contributed by atoms with van der Waals surface area (Å²) in [4.78, 5) is 16.8. The van der Waals surface area contributed by atoms with Gasteiger partial charge >= 0.3 is 0 Å². The van der Waals surface area contributed by atoms with Gasteiger partial charge in [0.1, 0.15) is 17.1 Å². The Labute approximate surface area is 176 Å². The summed E-state index contributed by atoms with van der Waals surface area (Å²) in [5, 5.41) is 5.70. The highest BCUT2D eigenvalue weighted by Gasteiger charge is 2.12. The molecule has 1 heterocycles. The van der Waals surface area contributed by atoms with Crippen LogP contribution in [0.4, 0.5) is 10.1 Å². The molecule has 0 radical (unpaired) electrons. The van der Waals surface area contributed by atoms with Crippen molar-refractivity contribution in [1.29, 1.82) is 0 Å². The molecule has 1 aromatic heterocycles. The van der Waals surface area contributed by atoms with E-state index in [1.54, 1.807) is 54.6 Å². The molecule has 2 N–H and O–H groups in total. The van der Waals surface area contributed by atoms with E-state index in [0.29, 0.717) is 39.6 Å². The predicted octanol–water partition coefficient (Wildman–Crippen LogP) is 4.77. The van der Waals surface area contributed by atoms with Crippen molar-refractivity contribution in [2.75, 3.05) is 12.4 Å². The number of hydrogen-bond donors (Lipinski definition) is 2. The third kappa shape index (κ3) is 4.28. The Morgan fingerprint density at radius 1 is 1.10 bits per heavy atom. The van der Waals surface area contributed by atoms with Crippen LogP contribution in [0.15, 0.2) is 71.1 Å². The van der Waals surface area contributed by atoms with E-state index in [-0.39, 0.29) is 16.8 Å². The van der Waals surface area contributed by atoms with E-state index in [0.717, 1.165) is 0 Å². The zero-order valence-electron chi connectivity index (χ0n) is 15.8. The Balaban J connectivity index is 1.48. The minimum Gasteiger partial charge on any atom is -0.497 e. The van der Waals surface area contributed by atoms with Gasteiger partial charge in [-0.05, 0) is 66.8 Å². The van der Waals surface area contributed by atoms with Crippen molar-refractivity contribution < 1.29 is 18.3 Å². The van der Waals surface area contributed by atoms with Gasteiger partial charge < -0.3 is 14.5 Å². The molecule has 0 aliphatic rings. The lowest BCUT2D eigenvalue weighted by Crippen LogP contribution is -2.34. The predicted molar refractivity (Wildman–Crippen MR) is 116 cm³/mol.